The first-order chi connectivity index (χ1) is 11.1. The lowest BCUT2D eigenvalue weighted by atomic mass is 9.70. The third kappa shape index (κ3) is 2.05. The summed E-state index contributed by atoms with van der Waals surface area (Å²) >= 11 is 0. The van der Waals surface area contributed by atoms with Crippen LogP contribution in [0.3, 0.4) is 0 Å². The fourth-order valence-corrected chi connectivity index (χ4v) is 3.64. The van der Waals surface area contributed by atoms with E-state index in [1.165, 1.54) is 12.1 Å². The number of hydrogen-bond donors (Lipinski definition) is 2. The molecular weight excluding hydrogens is 296 g/mol. The average molecular weight is 312 g/mol. The second-order valence-corrected chi connectivity index (χ2v) is 6.11. The van der Waals surface area contributed by atoms with Crippen molar-refractivity contribution in [1.82, 2.24) is 5.16 Å². The first-order valence-electron chi connectivity index (χ1n) is 7.64. The Balaban J connectivity index is 1.93. The average Bonchev–Trinajstić information content (AvgIpc) is 2.90. The van der Waals surface area contributed by atoms with E-state index in [0.29, 0.717) is 18.0 Å². The Morgan fingerprint density at radius 3 is 2.78 bits per heavy atom. The lowest BCUT2D eigenvalue weighted by Crippen LogP contribution is -2.36. The van der Waals surface area contributed by atoms with E-state index in [0.717, 1.165) is 29.7 Å². The Morgan fingerprint density at radius 2 is 2.00 bits per heavy atom. The van der Waals surface area contributed by atoms with Crippen molar-refractivity contribution in [2.75, 3.05) is 0 Å². The number of phenols is 2. The van der Waals surface area contributed by atoms with E-state index >= 15 is 0 Å². The van der Waals surface area contributed by atoms with E-state index in [-0.39, 0.29) is 29.1 Å². The molecule has 1 aliphatic carbocycles. The van der Waals surface area contributed by atoms with Gasteiger partial charge < -0.3 is 14.7 Å². The van der Waals surface area contributed by atoms with E-state index in [1.54, 1.807) is 6.07 Å². The minimum absolute atomic E-state index is 0.152. The van der Waals surface area contributed by atoms with Crippen LogP contribution in [0.25, 0.3) is 0 Å². The fourth-order valence-electron chi connectivity index (χ4n) is 3.64. The topological polar surface area (TPSA) is 95.9 Å². The number of phenolic OH excluding ortho intramolecular Hbond substituents is 2. The Bertz CT molecular complexity index is 837. The van der Waals surface area contributed by atoms with Crippen LogP contribution in [-0.2, 0) is 4.79 Å². The van der Waals surface area contributed by atoms with Gasteiger partial charge >= 0.3 is 0 Å². The van der Waals surface area contributed by atoms with E-state index in [4.69, 9.17) is 4.52 Å². The predicted octanol–water partition coefficient (Wildman–Crippen LogP) is 2.98. The van der Waals surface area contributed by atoms with Crippen LogP contribution in [0.5, 0.6) is 11.5 Å². The molecule has 1 aliphatic heterocycles. The number of fused-ring (bicyclic) bond motifs is 2. The van der Waals surface area contributed by atoms with Gasteiger partial charge in [0.15, 0.2) is 11.5 Å². The van der Waals surface area contributed by atoms with Gasteiger partial charge in [-0.2, -0.15) is 0 Å². The molecule has 2 N–H and O–H groups in total. The summed E-state index contributed by atoms with van der Waals surface area (Å²) in [5.74, 6) is -0.428. The van der Waals surface area contributed by atoms with Crippen LogP contribution >= 0.6 is 0 Å². The number of carbonyl (C=O) groups excluding carboxylic acids is 1. The maximum Gasteiger partial charge on any atom is 0.254 e. The maximum atomic E-state index is 12.6. The highest BCUT2D eigenvalue weighted by atomic mass is 16.5. The van der Waals surface area contributed by atoms with Crippen molar-refractivity contribution in [3.8, 4) is 11.5 Å². The lowest BCUT2D eigenvalue weighted by molar-refractivity contribution is -0.121. The van der Waals surface area contributed by atoms with Gasteiger partial charge in [0.25, 0.3) is 5.88 Å². The second-order valence-electron chi connectivity index (χ2n) is 6.11. The molecule has 118 valence electrons. The quantitative estimate of drug-likeness (QED) is 0.789. The number of ketones is 1. The summed E-state index contributed by atoms with van der Waals surface area (Å²) in [5.41, 5.74) is 3.06. The van der Waals surface area contributed by atoms with Crippen LogP contribution in [0.4, 0.5) is 5.88 Å². The fraction of sp³-hybridized carbons (Fsp3) is 0.353. The van der Waals surface area contributed by atoms with E-state index in [1.807, 2.05) is 6.92 Å². The SMILES string of the molecule is Cc1noc2c1C(c1ccc(O)c(O)c1)C1C(=O)CCCC1=N2. The molecule has 0 amide bonds. The molecule has 0 bridgehead atoms. The van der Waals surface area contributed by atoms with Crippen LogP contribution in [0.1, 0.15) is 42.0 Å². The lowest BCUT2D eigenvalue weighted by Gasteiger charge is -2.33. The number of benzene rings is 1. The van der Waals surface area contributed by atoms with E-state index < -0.39 is 0 Å². The summed E-state index contributed by atoms with van der Waals surface area (Å²) < 4.78 is 5.32. The van der Waals surface area contributed by atoms with Crippen molar-refractivity contribution in [1.29, 1.82) is 0 Å². The molecule has 0 saturated heterocycles. The largest absolute Gasteiger partial charge is 0.504 e. The molecule has 6 nitrogen and oxygen atoms in total. The number of aliphatic imine (C=N–C) groups is 1. The van der Waals surface area contributed by atoms with E-state index in [2.05, 4.69) is 10.1 Å². The molecule has 1 fully saturated rings. The van der Waals surface area contributed by atoms with Crippen molar-refractivity contribution in [3.05, 3.63) is 35.0 Å². The molecule has 2 aromatic rings. The summed E-state index contributed by atoms with van der Waals surface area (Å²) in [7, 11) is 0. The minimum Gasteiger partial charge on any atom is -0.504 e. The Morgan fingerprint density at radius 1 is 1.17 bits per heavy atom. The number of hydrogen-bond acceptors (Lipinski definition) is 6. The predicted molar refractivity (Wildman–Crippen MR) is 82.3 cm³/mol. The summed E-state index contributed by atoms with van der Waals surface area (Å²) in [6.07, 6.45) is 2.09. The zero-order valence-electron chi connectivity index (χ0n) is 12.6. The summed E-state index contributed by atoms with van der Waals surface area (Å²) in [5, 5.41) is 23.4. The van der Waals surface area contributed by atoms with Crippen LogP contribution < -0.4 is 0 Å². The van der Waals surface area contributed by atoms with Crippen LogP contribution in [-0.4, -0.2) is 26.9 Å². The highest BCUT2D eigenvalue weighted by Crippen LogP contribution is 2.47. The number of rotatable bonds is 1. The highest BCUT2D eigenvalue weighted by molar-refractivity contribution is 6.10. The molecule has 2 atom stereocenters. The Labute approximate surface area is 132 Å². The van der Waals surface area contributed by atoms with Crippen molar-refractivity contribution >= 4 is 17.4 Å². The number of Topliss-reactive ketones (excluding diaryl/α,β-unsaturated/α-hetero) is 1. The highest BCUT2D eigenvalue weighted by Gasteiger charge is 2.43. The Kier molecular flexibility index (Phi) is 3.01. The molecule has 1 saturated carbocycles. The van der Waals surface area contributed by atoms with Gasteiger partial charge in [-0.15, -0.1) is 0 Å². The smallest absolute Gasteiger partial charge is 0.254 e. The van der Waals surface area contributed by atoms with Gasteiger partial charge in [0, 0.05) is 18.1 Å². The summed E-state index contributed by atoms with van der Waals surface area (Å²) in [6, 6.07) is 4.66. The molecule has 1 aromatic heterocycles. The molecule has 23 heavy (non-hydrogen) atoms. The Hall–Kier alpha value is -2.63. The molecule has 2 heterocycles. The molecule has 0 spiro atoms. The molecule has 6 heteroatoms. The monoisotopic (exact) mass is 312 g/mol. The third-order valence-electron chi connectivity index (χ3n) is 4.70. The zero-order valence-corrected chi connectivity index (χ0v) is 12.6. The van der Waals surface area contributed by atoms with Crippen molar-refractivity contribution in [3.63, 3.8) is 0 Å². The van der Waals surface area contributed by atoms with Gasteiger partial charge in [0.05, 0.1) is 17.2 Å². The van der Waals surface area contributed by atoms with Crippen LogP contribution in [0.2, 0.25) is 0 Å². The molecular formula is C17H16N2O4. The van der Waals surface area contributed by atoms with Crippen molar-refractivity contribution in [2.45, 2.75) is 32.1 Å². The van der Waals surface area contributed by atoms with Crippen LogP contribution in [0.15, 0.2) is 27.7 Å². The normalized spacial score (nSPS) is 23.2. The number of nitrogens with zero attached hydrogens (tertiary/aromatic N) is 2. The molecule has 2 unspecified atom stereocenters. The number of aryl methyl sites for hydroxylation is 1. The summed E-state index contributed by atoms with van der Waals surface area (Å²) in [4.78, 5) is 17.1. The molecule has 2 aliphatic rings. The summed E-state index contributed by atoms with van der Waals surface area (Å²) in [6.45, 7) is 1.82. The minimum atomic E-state index is -0.349. The van der Waals surface area contributed by atoms with Crippen molar-refractivity contribution < 1.29 is 19.5 Å². The van der Waals surface area contributed by atoms with Gasteiger partial charge in [-0.1, -0.05) is 11.2 Å². The van der Waals surface area contributed by atoms with Gasteiger partial charge in [-0.05, 0) is 37.5 Å². The standard InChI is InChI=1S/C17H16N2O4/c1-8-14-15(9-5-6-11(20)13(22)7-9)16-10(3-2-4-12(16)21)18-17(14)23-19-8/h5-7,15-16,20,22H,2-4H2,1H3. The van der Waals surface area contributed by atoms with E-state index in [9.17, 15) is 15.0 Å². The van der Waals surface area contributed by atoms with Gasteiger partial charge in [0.2, 0.25) is 0 Å². The van der Waals surface area contributed by atoms with Crippen molar-refractivity contribution in [2.24, 2.45) is 10.9 Å². The van der Waals surface area contributed by atoms with Gasteiger partial charge in [-0.25, -0.2) is 4.99 Å². The zero-order chi connectivity index (χ0) is 16.1. The molecule has 0 radical (unpaired) electrons. The number of aromatic nitrogens is 1. The second kappa shape index (κ2) is 4.94. The molecule has 1 aromatic carbocycles. The first kappa shape index (κ1) is 14.0. The van der Waals surface area contributed by atoms with Gasteiger partial charge in [-0.3, -0.25) is 4.79 Å². The molecule has 4 rings (SSSR count). The maximum absolute atomic E-state index is 12.6. The number of aromatic hydroxyl groups is 2. The third-order valence-corrected chi connectivity index (χ3v) is 4.70. The van der Waals surface area contributed by atoms with Gasteiger partial charge in [0.1, 0.15) is 5.78 Å². The first-order valence-corrected chi connectivity index (χ1v) is 7.64. The van der Waals surface area contributed by atoms with Crippen LogP contribution in [0, 0.1) is 12.8 Å². The number of carbonyl (C=O) groups is 1.